The number of urea groups is 1. The molecular formula is C9H11N3O3. The van der Waals surface area contributed by atoms with Crippen LogP contribution in [0.5, 0.6) is 0 Å². The quantitative estimate of drug-likeness (QED) is 0.766. The van der Waals surface area contributed by atoms with E-state index in [1.807, 2.05) is 0 Å². The molecule has 2 heterocycles. The first-order valence-electron chi connectivity index (χ1n) is 4.66. The van der Waals surface area contributed by atoms with E-state index in [1.54, 1.807) is 13.0 Å². The van der Waals surface area contributed by atoms with Gasteiger partial charge in [-0.2, -0.15) is 0 Å². The lowest BCUT2D eigenvalue weighted by Gasteiger charge is -2.25. The summed E-state index contributed by atoms with van der Waals surface area (Å²) >= 11 is 0. The van der Waals surface area contributed by atoms with E-state index < -0.39 is 0 Å². The SMILES string of the molecule is Cc1cc(CN2CCC(=O)NC2=O)no1. The van der Waals surface area contributed by atoms with Crippen LogP contribution in [0.4, 0.5) is 4.79 Å². The highest BCUT2D eigenvalue weighted by Gasteiger charge is 2.23. The van der Waals surface area contributed by atoms with E-state index in [1.165, 1.54) is 4.90 Å². The summed E-state index contributed by atoms with van der Waals surface area (Å²) in [5, 5.41) is 6.03. The Morgan fingerprint density at radius 1 is 1.60 bits per heavy atom. The number of carbonyl (C=O) groups excluding carboxylic acids is 2. The predicted molar refractivity (Wildman–Crippen MR) is 49.8 cm³/mol. The van der Waals surface area contributed by atoms with E-state index >= 15 is 0 Å². The summed E-state index contributed by atoms with van der Waals surface area (Å²) in [4.78, 5) is 23.8. The summed E-state index contributed by atoms with van der Waals surface area (Å²) in [6.07, 6.45) is 0.336. The number of hydrogen-bond acceptors (Lipinski definition) is 4. The Morgan fingerprint density at radius 3 is 3.00 bits per heavy atom. The van der Waals surface area contributed by atoms with Crippen LogP contribution >= 0.6 is 0 Å². The second-order valence-electron chi connectivity index (χ2n) is 3.45. The van der Waals surface area contributed by atoms with E-state index in [9.17, 15) is 9.59 Å². The molecule has 0 aliphatic carbocycles. The average molecular weight is 209 g/mol. The fraction of sp³-hybridized carbons (Fsp3) is 0.444. The largest absolute Gasteiger partial charge is 0.361 e. The van der Waals surface area contributed by atoms with Gasteiger partial charge in [-0.3, -0.25) is 10.1 Å². The molecule has 2 rings (SSSR count). The molecule has 1 aliphatic rings. The first kappa shape index (κ1) is 9.70. The molecule has 0 atom stereocenters. The minimum absolute atomic E-state index is 0.229. The maximum Gasteiger partial charge on any atom is 0.324 e. The zero-order valence-electron chi connectivity index (χ0n) is 8.32. The van der Waals surface area contributed by atoms with Gasteiger partial charge in [-0.05, 0) is 6.92 Å². The van der Waals surface area contributed by atoms with Crippen molar-refractivity contribution >= 4 is 11.9 Å². The van der Waals surface area contributed by atoms with E-state index in [0.29, 0.717) is 31.0 Å². The monoisotopic (exact) mass is 209 g/mol. The molecule has 0 radical (unpaired) electrons. The van der Waals surface area contributed by atoms with Crippen LogP contribution in [-0.2, 0) is 11.3 Å². The third-order valence-electron chi connectivity index (χ3n) is 2.17. The highest BCUT2D eigenvalue weighted by atomic mass is 16.5. The van der Waals surface area contributed by atoms with E-state index in [2.05, 4.69) is 10.5 Å². The van der Waals surface area contributed by atoms with E-state index in [0.717, 1.165) is 0 Å². The number of nitrogens with zero attached hydrogens (tertiary/aromatic N) is 2. The summed E-state index contributed by atoms with van der Waals surface area (Å²) in [5.41, 5.74) is 0.692. The first-order chi connectivity index (χ1) is 7.15. The molecule has 3 amide bonds. The van der Waals surface area contributed by atoms with Crippen LogP contribution < -0.4 is 5.32 Å². The van der Waals surface area contributed by atoms with Crippen molar-refractivity contribution in [1.82, 2.24) is 15.4 Å². The normalized spacial score (nSPS) is 16.7. The Hall–Kier alpha value is -1.85. The summed E-state index contributed by atoms with van der Waals surface area (Å²) < 4.78 is 4.89. The Kier molecular flexibility index (Phi) is 2.40. The van der Waals surface area contributed by atoms with Gasteiger partial charge in [-0.1, -0.05) is 5.16 Å². The topological polar surface area (TPSA) is 75.4 Å². The highest BCUT2D eigenvalue weighted by Crippen LogP contribution is 2.08. The van der Waals surface area contributed by atoms with Gasteiger partial charge in [0.05, 0.1) is 6.54 Å². The number of carbonyl (C=O) groups is 2. The van der Waals surface area contributed by atoms with Crippen molar-refractivity contribution in [3.05, 3.63) is 17.5 Å². The van der Waals surface area contributed by atoms with Gasteiger partial charge >= 0.3 is 6.03 Å². The van der Waals surface area contributed by atoms with Gasteiger partial charge in [-0.25, -0.2) is 4.79 Å². The second kappa shape index (κ2) is 3.72. The molecular weight excluding hydrogens is 198 g/mol. The number of rotatable bonds is 2. The van der Waals surface area contributed by atoms with Crippen LogP contribution in [-0.4, -0.2) is 28.5 Å². The third kappa shape index (κ3) is 2.15. The molecule has 0 aromatic carbocycles. The molecule has 80 valence electrons. The highest BCUT2D eigenvalue weighted by molar-refractivity contribution is 5.96. The van der Waals surface area contributed by atoms with Crippen LogP contribution in [0.2, 0.25) is 0 Å². The number of nitrogens with one attached hydrogen (secondary N) is 1. The summed E-state index contributed by atoms with van der Waals surface area (Å²) in [5.74, 6) is 0.478. The summed E-state index contributed by atoms with van der Waals surface area (Å²) in [6.45, 7) is 2.59. The Bertz CT molecular complexity index is 399. The van der Waals surface area contributed by atoms with Gasteiger partial charge in [0.1, 0.15) is 11.5 Å². The van der Waals surface area contributed by atoms with Crippen LogP contribution in [0.3, 0.4) is 0 Å². The molecule has 1 aromatic rings. The molecule has 6 heteroatoms. The van der Waals surface area contributed by atoms with Crippen molar-refractivity contribution in [1.29, 1.82) is 0 Å². The van der Waals surface area contributed by atoms with Crippen molar-refractivity contribution in [3.63, 3.8) is 0 Å². The lowest BCUT2D eigenvalue weighted by atomic mass is 10.3. The minimum Gasteiger partial charge on any atom is -0.361 e. The summed E-state index contributed by atoms with van der Waals surface area (Å²) in [7, 11) is 0. The number of aromatic nitrogens is 1. The fourth-order valence-electron chi connectivity index (χ4n) is 1.44. The average Bonchev–Trinajstić information content (AvgIpc) is 2.56. The molecule has 0 bridgehead atoms. The zero-order valence-corrected chi connectivity index (χ0v) is 8.32. The van der Waals surface area contributed by atoms with Crippen molar-refractivity contribution in [2.24, 2.45) is 0 Å². The van der Waals surface area contributed by atoms with Crippen LogP contribution in [0.25, 0.3) is 0 Å². The maximum absolute atomic E-state index is 11.4. The van der Waals surface area contributed by atoms with Crippen molar-refractivity contribution < 1.29 is 14.1 Å². The molecule has 1 aliphatic heterocycles. The lowest BCUT2D eigenvalue weighted by Crippen LogP contribution is -2.48. The number of aryl methyl sites for hydroxylation is 1. The molecule has 15 heavy (non-hydrogen) atoms. The Labute approximate surface area is 86.2 Å². The number of amides is 3. The third-order valence-corrected chi connectivity index (χ3v) is 2.17. The van der Waals surface area contributed by atoms with Crippen LogP contribution in [0.1, 0.15) is 17.9 Å². The van der Waals surface area contributed by atoms with Crippen molar-refractivity contribution in [3.8, 4) is 0 Å². The molecule has 1 aromatic heterocycles. The molecule has 1 fully saturated rings. The molecule has 1 saturated heterocycles. The van der Waals surface area contributed by atoms with Gasteiger partial charge in [0, 0.05) is 19.0 Å². The smallest absolute Gasteiger partial charge is 0.324 e. The van der Waals surface area contributed by atoms with Gasteiger partial charge in [0.25, 0.3) is 0 Å². The maximum atomic E-state index is 11.4. The van der Waals surface area contributed by atoms with Crippen LogP contribution in [0.15, 0.2) is 10.6 Å². The lowest BCUT2D eigenvalue weighted by molar-refractivity contribution is -0.121. The molecule has 1 N–H and O–H groups in total. The standard InChI is InChI=1S/C9H11N3O3/c1-6-4-7(11-15-6)5-12-3-2-8(13)10-9(12)14/h4H,2-3,5H2,1H3,(H,10,13,14). The molecule has 6 nitrogen and oxygen atoms in total. The van der Waals surface area contributed by atoms with Gasteiger partial charge in [0.15, 0.2) is 0 Å². The summed E-state index contributed by atoms with van der Waals surface area (Å²) in [6, 6.07) is 1.40. The predicted octanol–water partition coefficient (Wildman–Crippen LogP) is 0.425. The molecule has 0 spiro atoms. The second-order valence-corrected chi connectivity index (χ2v) is 3.45. The molecule has 0 unspecified atom stereocenters. The minimum atomic E-state index is -0.369. The van der Waals surface area contributed by atoms with Crippen molar-refractivity contribution in [2.45, 2.75) is 19.9 Å². The Morgan fingerprint density at radius 2 is 2.40 bits per heavy atom. The number of hydrogen-bond donors (Lipinski definition) is 1. The Balaban J connectivity index is 2.00. The van der Waals surface area contributed by atoms with E-state index in [-0.39, 0.29) is 11.9 Å². The number of imide groups is 1. The van der Waals surface area contributed by atoms with Gasteiger partial charge in [0.2, 0.25) is 5.91 Å². The fourth-order valence-corrected chi connectivity index (χ4v) is 1.44. The first-order valence-corrected chi connectivity index (χ1v) is 4.66. The van der Waals surface area contributed by atoms with Crippen molar-refractivity contribution in [2.75, 3.05) is 6.54 Å². The van der Waals surface area contributed by atoms with Gasteiger partial charge < -0.3 is 9.42 Å². The zero-order chi connectivity index (χ0) is 10.8. The van der Waals surface area contributed by atoms with Gasteiger partial charge in [-0.15, -0.1) is 0 Å². The van der Waals surface area contributed by atoms with E-state index in [4.69, 9.17) is 4.52 Å². The van der Waals surface area contributed by atoms with Crippen LogP contribution in [0, 0.1) is 6.92 Å². The molecule has 0 saturated carbocycles.